The molecule has 2 fully saturated rings. The van der Waals surface area contributed by atoms with Gasteiger partial charge in [-0.2, -0.15) is 0 Å². The maximum Gasteiger partial charge on any atom is 0.238 e. The van der Waals surface area contributed by atoms with Crippen LogP contribution in [0, 0.1) is 0 Å². The fourth-order valence-electron chi connectivity index (χ4n) is 3.24. The number of rotatable bonds is 3. The van der Waals surface area contributed by atoms with E-state index in [0.29, 0.717) is 22.8 Å². The third-order valence-corrected chi connectivity index (χ3v) is 5.45. The quantitative estimate of drug-likeness (QED) is 0.889. The molecular formula is C13H18ClN3O2S. The third kappa shape index (κ3) is 2.65. The fourth-order valence-corrected chi connectivity index (χ4v) is 3.95. The Morgan fingerprint density at radius 2 is 2.10 bits per heavy atom. The first-order chi connectivity index (χ1) is 9.45. The molecule has 0 spiro atoms. The van der Waals surface area contributed by atoms with Crippen molar-refractivity contribution in [2.75, 3.05) is 18.4 Å². The van der Waals surface area contributed by atoms with Crippen LogP contribution in [0.4, 0.5) is 5.69 Å². The van der Waals surface area contributed by atoms with Gasteiger partial charge in [0.15, 0.2) is 0 Å². The van der Waals surface area contributed by atoms with Crippen LogP contribution in [-0.4, -0.2) is 38.5 Å². The topological polar surface area (TPSA) is 75.4 Å². The molecule has 2 heterocycles. The Morgan fingerprint density at radius 3 is 2.85 bits per heavy atom. The van der Waals surface area contributed by atoms with Crippen LogP contribution in [0.2, 0.25) is 5.02 Å². The molecule has 1 aromatic carbocycles. The lowest BCUT2D eigenvalue weighted by Crippen LogP contribution is -2.33. The van der Waals surface area contributed by atoms with Crippen LogP contribution in [0.25, 0.3) is 0 Å². The van der Waals surface area contributed by atoms with E-state index in [2.05, 4.69) is 10.2 Å². The molecule has 0 aliphatic carbocycles. The van der Waals surface area contributed by atoms with E-state index >= 15 is 0 Å². The van der Waals surface area contributed by atoms with Crippen molar-refractivity contribution < 1.29 is 8.42 Å². The molecule has 2 atom stereocenters. The fraction of sp³-hybridized carbons (Fsp3) is 0.538. The molecule has 0 saturated carbocycles. The number of nitrogens with zero attached hydrogens (tertiary/aromatic N) is 1. The number of sulfonamides is 1. The average molecular weight is 316 g/mol. The van der Waals surface area contributed by atoms with Gasteiger partial charge in [0.2, 0.25) is 10.0 Å². The van der Waals surface area contributed by atoms with Gasteiger partial charge in [-0.15, -0.1) is 0 Å². The standard InChI is InChI=1S/C13H18ClN3O2S/c14-10-4-3-9(20(15,18)19)8-12(10)16-11-5-7-17-6-1-2-13(11)17/h3-4,8,11,13,16H,1-2,5-7H2,(H2,15,18,19). The maximum absolute atomic E-state index is 11.4. The molecule has 2 aliphatic rings. The predicted molar refractivity (Wildman–Crippen MR) is 79.4 cm³/mol. The number of nitrogens with two attached hydrogens (primary N) is 1. The number of halogens is 1. The lowest BCUT2D eigenvalue weighted by molar-refractivity contribution is 0.318. The summed E-state index contributed by atoms with van der Waals surface area (Å²) in [6, 6.07) is 5.38. The Hall–Kier alpha value is -0.820. The maximum atomic E-state index is 11.4. The van der Waals surface area contributed by atoms with E-state index in [4.69, 9.17) is 16.7 Å². The van der Waals surface area contributed by atoms with Crippen LogP contribution < -0.4 is 10.5 Å². The number of anilines is 1. The molecule has 0 amide bonds. The van der Waals surface area contributed by atoms with Crippen molar-refractivity contribution >= 4 is 27.3 Å². The summed E-state index contributed by atoms with van der Waals surface area (Å²) in [4.78, 5) is 2.57. The van der Waals surface area contributed by atoms with Crippen LogP contribution in [0.3, 0.4) is 0 Å². The van der Waals surface area contributed by atoms with Crippen molar-refractivity contribution in [2.24, 2.45) is 5.14 Å². The number of benzene rings is 1. The third-order valence-electron chi connectivity index (χ3n) is 4.21. The van der Waals surface area contributed by atoms with Gasteiger partial charge in [0, 0.05) is 18.6 Å². The highest BCUT2D eigenvalue weighted by molar-refractivity contribution is 7.89. The highest BCUT2D eigenvalue weighted by Crippen LogP contribution is 2.32. The zero-order valence-corrected chi connectivity index (χ0v) is 12.6. The molecule has 20 heavy (non-hydrogen) atoms. The second kappa shape index (κ2) is 5.18. The smallest absolute Gasteiger partial charge is 0.238 e. The molecule has 2 saturated heterocycles. The van der Waals surface area contributed by atoms with Crippen LogP contribution in [0.1, 0.15) is 19.3 Å². The van der Waals surface area contributed by atoms with E-state index in [-0.39, 0.29) is 4.90 Å². The summed E-state index contributed by atoms with van der Waals surface area (Å²) in [5.74, 6) is 0. The van der Waals surface area contributed by atoms with Gasteiger partial charge >= 0.3 is 0 Å². The molecule has 1 aromatic rings. The number of primary sulfonamides is 1. The van der Waals surface area contributed by atoms with Crippen molar-refractivity contribution in [1.29, 1.82) is 0 Å². The monoisotopic (exact) mass is 315 g/mol. The molecule has 5 nitrogen and oxygen atoms in total. The average Bonchev–Trinajstić information content (AvgIpc) is 2.95. The lowest BCUT2D eigenvalue weighted by Gasteiger charge is -2.23. The van der Waals surface area contributed by atoms with E-state index in [1.54, 1.807) is 6.07 Å². The summed E-state index contributed by atoms with van der Waals surface area (Å²) >= 11 is 6.16. The van der Waals surface area contributed by atoms with Gasteiger partial charge in [-0.05, 0) is 44.0 Å². The van der Waals surface area contributed by atoms with Crippen LogP contribution in [-0.2, 0) is 10.0 Å². The van der Waals surface area contributed by atoms with Crippen molar-refractivity contribution in [3.63, 3.8) is 0 Å². The first-order valence-electron chi connectivity index (χ1n) is 6.78. The van der Waals surface area contributed by atoms with Crippen LogP contribution in [0.15, 0.2) is 23.1 Å². The minimum atomic E-state index is -3.70. The van der Waals surface area contributed by atoms with Gasteiger partial charge in [0.05, 0.1) is 15.6 Å². The molecule has 2 unspecified atom stereocenters. The molecular weight excluding hydrogens is 298 g/mol. The zero-order chi connectivity index (χ0) is 14.3. The van der Waals surface area contributed by atoms with E-state index in [0.717, 1.165) is 19.5 Å². The molecule has 110 valence electrons. The molecule has 0 bridgehead atoms. The van der Waals surface area contributed by atoms with Gasteiger partial charge in [-0.1, -0.05) is 11.6 Å². The zero-order valence-electron chi connectivity index (χ0n) is 11.0. The van der Waals surface area contributed by atoms with Gasteiger partial charge in [0.25, 0.3) is 0 Å². The summed E-state index contributed by atoms with van der Waals surface area (Å²) in [6.07, 6.45) is 3.47. The van der Waals surface area contributed by atoms with Crippen molar-refractivity contribution in [3.8, 4) is 0 Å². The van der Waals surface area contributed by atoms with E-state index in [1.165, 1.54) is 25.0 Å². The first-order valence-corrected chi connectivity index (χ1v) is 8.70. The van der Waals surface area contributed by atoms with Crippen molar-refractivity contribution in [1.82, 2.24) is 4.90 Å². The highest BCUT2D eigenvalue weighted by atomic mass is 35.5. The second-order valence-corrected chi connectivity index (χ2v) is 7.44. The summed E-state index contributed by atoms with van der Waals surface area (Å²) < 4.78 is 22.8. The highest BCUT2D eigenvalue weighted by Gasteiger charge is 2.37. The van der Waals surface area contributed by atoms with E-state index < -0.39 is 10.0 Å². The Labute approximate surface area is 124 Å². The van der Waals surface area contributed by atoms with Crippen molar-refractivity contribution in [3.05, 3.63) is 23.2 Å². The summed E-state index contributed by atoms with van der Waals surface area (Å²) in [5.41, 5.74) is 0.650. The molecule has 2 aliphatic heterocycles. The van der Waals surface area contributed by atoms with Crippen LogP contribution in [0.5, 0.6) is 0 Å². The SMILES string of the molecule is NS(=O)(=O)c1ccc(Cl)c(NC2CCN3CCCC23)c1. The summed E-state index contributed by atoms with van der Waals surface area (Å²) in [7, 11) is -3.70. The van der Waals surface area contributed by atoms with Gasteiger partial charge in [-0.3, -0.25) is 4.90 Å². The predicted octanol–water partition coefficient (Wildman–Crippen LogP) is 1.64. The van der Waals surface area contributed by atoms with Gasteiger partial charge < -0.3 is 5.32 Å². The Balaban J connectivity index is 1.83. The molecule has 0 aromatic heterocycles. The molecule has 7 heteroatoms. The molecule has 0 radical (unpaired) electrons. The van der Waals surface area contributed by atoms with E-state index in [1.807, 2.05) is 0 Å². The second-order valence-electron chi connectivity index (χ2n) is 5.47. The Bertz CT molecular complexity index is 620. The molecule has 3 N–H and O–H groups in total. The minimum Gasteiger partial charge on any atom is -0.379 e. The Morgan fingerprint density at radius 1 is 1.30 bits per heavy atom. The van der Waals surface area contributed by atoms with Gasteiger partial charge in [-0.25, -0.2) is 13.6 Å². The number of hydrogen-bond donors (Lipinski definition) is 2. The normalized spacial score (nSPS) is 26.7. The Kier molecular flexibility index (Phi) is 3.66. The molecule has 3 rings (SSSR count). The number of nitrogens with one attached hydrogen (secondary N) is 1. The van der Waals surface area contributed by atoms with Gasteiger partial charge in [0.1, 0.15) is 0 Å². The lowest BCUT2D eigenvalue weighted by atomic mass is 10.1. The van der Waals surface area contributed by atoms with Crippen molar-refractivity contribution in [2.45, 2.75) is 36.2 Å². The first kappa shape index (κ1) is 14.1. The summed E-state index contributed by atoms with van der Waals surface area (Å²) in [6.45, 7) is 2.25. The minimum absolute atomic E-state index is 0.0886. The van der Waals surface area contributed by atoms with Crippen LogP contribution >= 0.6 is 11.6 Å². The van der Waals surface area contributed by atoms with E-state index in [9.17, 15) is 8.42 Å². The number of hydrogen-bond acceptors (Lipinski definition) is 4. The number of fused-ring (bicyclic) bond motifs is 1. The summed E-state index contributed by atoms with van der Waals surface area (Å²) in [5, 5.41) is 9.08. The largest absolute Gasteiger partial charge is 0.379 e.